The van der Waals surface area contributed by atoms with E-state index in [9.17, 15) is 4.79 Å². The first-order chi connectivity index (χ1) is 13.5. The maximum absolute atomic E-state index is 12.6. The fraction of sp³-hybridized carbons (Fsp3) is 0.696. The Morgan fingerprint density at radius 1 is 1.14 bits per heavy atom. The first-order valence-corrected chi connectivity index (χ1v) is 11.7. The summed E-state index contributed by atoms with van der Waals surface area (Å²) in [5.41, 5.74) is 1.27. The zero-order valence-electron chi connectivity index (χ0n) is 16.9. The van der Waals surface area contributed by atoms with E-state index in [0.29, 0.717) is 6.61 Å². The second kappa shape index (κ2) is 8.74. The van der Waals surface area contributed by atoms with Crippen molar-refractivity contribution in [2.75, 3.05) is 6.61 Å². The smallest absolute Gasteiger partial charge is 0.315 e. The van der Waals surface area contributed by atoms with Crippen LogP contribution in [0.1, 0.15) is 63.9 Å². The summed E-state index contributed by atoms with van der Waals surface area (Å²) >= 11 is 3.44. The van der Waals surface area contributed by atoms with Crippen LogP contribution in [0, 0.1) is 17.8 Å². The van der Waals surface area contributed by atoms with E-state index in [4.69, 9.17) is 4.74 Å². The second-order valence-corrected chi connectivity index (χ2v) is 10.4. The summed E-state index contributed by atoms with van der Waals surface area (Å²) in [5, 5.41) is 6.56. The molecule has 4 aliphatic rings. The monoisotopic (exact) mass is 448 g/mol. The molecule has 5 rings (SSSR count). The molecule has 4 fully saturated rings. The van der Waals surface area contributed by atoms with E-state index in [-0.39, 0.29) is 17.6 Å². The lowest BCUT2D eigenvalue weighted by atomic mass is 9.53. The number of halogens is 1. The van der Waals surface area contributed by atoms with E-state index in [2.05, 4.69) is 45.6 Å². The van der Waals surface area contributed by atoms with Crippen LogP contribution in [0.4, 0.5) is 4.79 Å². The van der Waals surface area contributed by atoms with Crippen LogP contribution in [0.2, 0.25) is 0 Å². The summed E-state index contributed by atoms with van der Waals surface area (Å²) in [7, 11) is 0. The van der Waals surface area contributed by atoms with E-state index in [0.717, 1.165) is 41.7 Å². The topological polar surface area (TPSA) is 50.4 Å². The Morgan fingerprint density at radius 2 is 1.75 bits per heavy atom. The van der Waals surface area contributed by atoms with Gasteiger partial charge in [-0.1, -0.05) is 28.1 Å². The Balaban J connectivity index is 1.13. The number of rotatable bonds is 8. The molecule has 2 amide bonds. The summed E-state index contributed by atoms with van der Waals surface area (Å²) in [6.45, 7) is 3.45. The molecule has 0 aromatic heterocycles. The molecule has 4 aliphatic carbocycles. The predicted molar refractivity (Wildman–Crippen MR) is 115 cm³/mol. The van der Waals surface area contributed by atoms with Crippen molar-refractivity contribution in [3.63, 3.8) is 0 Å². The number of urea groups is 1. The highest BCUT2D eigenvalue weighted by molar-refractivity contribution is 9.10. The Bertz CT molecular complexity index is 640. The van der Waals surface area contributed by atoms with E-state index in [1.807, 2.05) is 12.1 Å². The van der Waals surface area contributed by atoms with Gasteiger partial charge >= 0.3 is 6.03 Å². The lowest BCUT2D eigenvalue weighted by Gasteiger charge is -2.56. The van der Waals surface area contributed by atoms with Gasteiger partial charge in [-0.3, -0.25) is 0 Å². The van der Waals surface area contributed by atoms with Crippen molar-refractivity contribution in [2.24, 2.45) is 17.8 Å². The standard InChI is InChI=1S/C23H33BrN2O2/c1-16(3-2-8-28-15-17-4-6-21(24)7-5-17)25-22(27)26-23-12-18-9-19(13-23)11-20(10-18)14-23/h4-7,16,18-20H,2-3,8-15H2,1H3,(H2,25,26,27)/t16-,18?,19?,20?,23?/m0/s1. The summed E-state index contributed by atoms with van der Waals surface area (Å²) in [6, 6.07) is 8.42. The maximum Gasteiger partial charge on any atom is 0.315 e. The predicted octanol–water partition coefficient (Wildman–Crippen LogP) is 5.40. The van der Waals surface area contributed by atoms with Crippen molar-refractivity contribution in [3.05, 3.63) is 34.3 Å². The van der Waals surface area contributed by atoms with Gasteiger partial charge in [0.1, 0.15) is 0 Å². The van der Waals surface area contributed by atoms with E-state index >= 15 is 0 Å². The number of ether oxygens (including phenoxy) is 1. The molecule has 1 aromatic rings. The van der Waals surface area contributed by atoms with Crippen molar-refractivity contribution in [1.82, 2.24) is 10.6 Å². The minimum Gasteiger partial charge on any atom is -0.377 e. The molecule has 4 saturated carbocycles. The first kappa shape index (κ1) is 20.2. The van der Waals surface area contributed by atoms with Crippen LogP contribution in [0.25, 0.3) is 0 Å². The molecule has 0 radical (unpaired) electrons. The van der Waals surface area contributed by atoms with Crippen LogP contribution in [-0.4, -0.2) is 24.2 Å². The Hall–Kier alpha value is -1.07. The highest BCUT2D eigenvalue weighted by atomic mass is 79.9. The van der Waals surface area contributed by atoms with Gasteiger partial charge in [-0.2, -0.15) is 0 Å². The molecule has 4 bridgehead atoms. The summed E-state index contributed by atoms with van der Waals surface area (Å²) < 4.78 is 6.85. The van der Waals surface area contributed by atoms with Gasteiger partial charge in [-0.15, -0.1) is 0 Å². The molecule has 1 aromatic carbocycles. The molecule has 0 heterocycles. The van der Waals surface area contributed by atoms with Gasteiger partial charge in [0, 0.05) is 22.7 Å². The number of nitrogens with one attached hydrogen (secondary N) is 2. The van der Waals surface area contributed by atoms with Gasteiger partial charge in [-0.05, 0) is 93.7 Å². The molecule has 154 valence electrons. The molecule has 28 heavy (non-hydrogen) atoms. The third-order valence-electron chi connectivity index (χ3n) is 6.90. The molecule has 1 atom stereocenters. The fourth-order valence-electron chi connectivity index (χ4n) is 6.10. The largest absolute Gasteiger partial charge is 0.377 e. The Morgan fingerprint density at radius 3 is 2.36 bits per heavy atom. The molecule has 0 unspecified atom stereocenters. The van der Waals surface area contributed by atoms with Crippen LogP contribution < -0.4 is 10.6 Å². The Kier molecular flexibility index (Phi) is 6.31. The third-order valence-corrected chi connectivity index (χ3v) is 7.43. The zero-order chi connectivity index (χ0) is 19.6. The minimum absolute atomic E-state index is 0.0326. The number of hydrogen-bond acceptors (Lipinski definition) is 2. The van der Waals surface area contributed by atoms with Crippen LogP contribution in [0.3, 0.4) is 0 Å². The third kappa shape index (κ3) is 5.10. The highest BCUT2D eigenvalue weighted by Crippen LogP contribution is 2.55. The molecule has 0 saturated heterocycles. The van der Waals surface area contributed by atoms with Crippen molar-refractivity contribution in [1.29, 1.82) is 0 Å². The van der Waals surface area contributed by atoms with Crippen molar-refractivity contribution < 1.29 is 9.53 Å². The summed E-state index contributed by atoms with van der Waals surface area (Å²) in [6.07, 6.45) is 9.70. The average molecular weight is 449 g/mol. The van der Waals surface area contributed by atoms with E-state index < -0.39 is 0 Å². The molecule has 0 spiro atoms. The molecule has 4 nitrogen and oxygen atoms in total. The summed E-state index contributed by atoms with van der Waals surface area (Å²) in [4.78, 5) is 12.6. The number of amides is 2. The van der Waals surface area contributed by atoms with Crippen molar-refractivity contribution in [2.45, 2.75) is 76.5 Å². The fourth-order valence-corrected chi connectivity index (χ4v) is 6.36. The lowest BCUT2D eigenvalue weighted by molar-refractivity contribution is -0.0136. The average Bonchev–Trinajstić information content (AvgIpc) is 2.61. The van der Waals surface area contributed by atoms with E-state index in [1.54, 1.807) is 0 Å². The zero-order valence-corrected chi connectivity index (χ0v) is 18.5. The Labute approximate surface area is 177 Å². The highest BCUT2D eigenvalue weighted by Gasteiger charge is 2.51. The molecular weight excluding hydrogens is 416 g/mol. The van der Waals surface area contributed by atoms with Crippen molar-refractivity contribution in [3.8, 4) is 0 Å². The minimum atomic E-state index is 0.0326. The first-order valence-electron chi connectivity index (χ1n) is 10.9. The van der Waals surface area contributed by atoms with Crippen LogP contribution in [0.5, 0.6) is 0 Å². The van der Waals surface area contributed by atoms with Gasteiger partial charge < -0.3 is 15.4 Å². The van der Waals surface area contributed by atoms with Gasteiger partial charge in [-0.25, -0.2) is 4.79 Å². The van der Waals surface area contributed by atoms with Gasteiger partial charge in [0.05, 0.1) is 6.61 Å². The number of carbonyl (C=O) groups is 1. The molecule has 2 N–H and O–H groups in total. The number of benzene rings is 1. The quantitative estimate of drug-likeness (QED) is 0.522. The van der Waals surface area contributed by atoms with Crippen molar-refractivity contribution >= 4 is 22.0 Å². The van der Waals surface area contributed by atoms with Crippen LogP contribution in [0.15, 0.2) is 28.7 Å². The van der Waals surface area contributed by atoms with Gasteiger partial charge in [0.15, 0.2) is 0 Å². The van der Waals surface area contributed by atoms with Crippen LogP contribution >= 0.6 is 15.9 Å². The molecular formula is C23H33BrN2O2. The molecule has 0 aliphatic heterocycles. The van der Waals surface area contributed by atoms with Crippen LogP contribution in [-0.2, 0) is 11.3 Å². The SMILES string of the molecule is C[C@@H](CCCOCc1ccc(Br)cc1)NC(=O)NC12CC3CC(CC(C3)C1)C2. The van der Waals surface area contributed by atoms with Gasteiger partial charge in [0.2, 0.25) is 0 Å². The summed E-state index contributed by atoms with van der Waals surface area (Å²) in [5.74, 6) is 2.56. The number of carbonyl (C=O) groups excluding carboxylic acids is 1. The number of hydrogen-bond donors (Lipinski definition) is 2. The van der Waals surface area contributed by atoms with Gasteiger partial charge in [0.25, 0.3) is 0 Å². The second-order valence-electron chi connectivity index (χ2n) is 9.52. The molecule has 5 heteroatoms. The normalized spacial score (nSPS) is 31.6. The lowest BCUT2D eigenvalue weighted by Crippen LogP contribution is -2.62. The maximum atomic E-state index is 12.6. The van der Waals surface area contributed by atoms with E-state index in [1.165, 1.54) is 44.1 Å².